The summed E-state index contributed by atoms with van der Waals surface area (Å²) >= 11 is 0. The number of carbonyl (C=O) groups is 2. The minimum atomic E-state index is -0.806. The number of ether oxygens (including phenoxy) is 4. The Morgan fingerprint density at radius 2 is 1.30 bits per heavy atom. The molecule has 7 heteroatoms. The molecule has 0 aromatic rings. The molecule has 2 heterocycles. The molecule has 0 aromatic carbocycles. The third-order valence-corrected chi connectivity index (χ3v) is 2.13. The van der Waals surface area contributed by atoms with Crippen LogP contribution in [0.5, 0.6) is 0 Å². The molecule has 0 amide bonds. The Bertz CT molecular complexity index is 423. The number of hydrogen-bond donors (Lipinski definition) is 0. The summed E-state index contributed by atoms with van der Waals surface area (Å²) in [4.78, 5) is 22.9. The molecule has 2 aliphatic rings. The molecule has 20 heavy (non-hydrogen) atoms. The fraction of sp³-hybridized carbons (Fsp3) is 0.231. The van der Waals surface area contributed by atoms with Crippen molar-refractivity contribution >= 4 is 41.5 Å². The van der Waals surface area contributed by atoms with Crippen LogP contribution in [0.4, 0.5) is 0 Å². The van der Waals surface area contributed by atoms with E-state index < -0.39 is 30.9 Å². The van der Waals surface area contributed by atoms with Crippen LogP contribution >= 0.6 is 0 Å². The van der Waals surface area contributed by atoms with Crippen LogP contribution in [-0.2, 0) is 28.5 Å². The Morgan fingerprint density at radius 3 is 1.65 bits per heavy atom. The first-order valence-corrected chi connectivity index (χ1v) is 5.60. The topological polar surface area (TPSA) is 71.1 Å². The zero-order valence-corrected chi connectivity index (χ0v) is 12.9. The van der Waals surface area contributed by atoms with Gasteiger partial charge in [-0.3, -0.25) is 9.59 Å². The summed E-state index contributed by atoms with van der Waals surface area (Å²) in [5.41, 5.74) is 0. The SMILES string of the molecule is O=C(CC(=O)OC1C=CC=CO1)OC1C=CC=CO1.[Na]. The monoisotopic (exact) mass is 287 g/mol. The Morgan fingerprint density at radius 1 is 0.850 bits per heavy atom. The third-order valence-electron chi connectivity index (χ3n) is 2.13. The van der Waals surface area contributed by atoms with E-state index in [-0.39, 0.29) is 29.6 Å². The van der Waals surface area contributed by atoms with E-state index in [2.05, 4.69) is 0 Å². The average Bonchev–Trinajstić information content (AvgIpc) is 2.40. The molecule has 0 aliphatic carbocycles. The fourth-order valence-electron chi connectivity index (χ4n) is 1.33. The van der Waals surface area contributed by atoms with Gasteiger partial charge in [0.15, 0.2) is 0 Å². The number of allylic oxidation sites excluding steroid dienone is 4. The van der Waals surface area contributed by atoms with Crippen molar-refractivity contribution in [2.75, 3.05) is 0 Å². The van der Waals surface area contributed by atoms with E-state index in [4.69, 9.17) is 18.9 Å². The van der Waals surface area contributed by atoms with Gasteiger partial charge in [0.05, 0.1) is 12.5 Å². The molecule has 0 bridgehead atoms. The number of carbonyl (C=O) groups excluding carboxylic acids is 2. The van der Waals surface area contributed by atoms with Crippen molar-refractivity contribution in [1.82, 2.24) is 0 Å². The molecule has 1 radical (unpaired) electrons. The van der Waals surface area contributed by atoms with Gasteiger partial charge in [-0.15, -0.1) is 0 Å². The van der Waals surface area contributed by atoms with Gasteiger partial charge in [-0.2, -0.15) is 0 Å². The van der Waals surface area contributed by atoms with Gasteiger partial charge in [0, 0.05) is 29.6 Å². The summed E-state index contributed by atoms with van der Waals surface area (Å²) in [5.74, 6) is -1.46. The second-order valence-electron chi connectivity index (χ2n) is 3.59. The fourth-order valence-corrected chi connectivity index (χ4v) is 1.33. The maximum Gasteiger partial charge on any atom is 0.320 e. The van der Waals surface area contributed by atoms with Gasteiger partial charge >= 0.3 is 11.9 Å². The molecule has 2 rings (SSSR count). The van der Waals surface area contributed by atoms with E-state index in [0.717, 1.165) is 0 Å². The zero-order valence-electron chi connectivity index (χ0n) is 10.9. The minimum Gasteiger partial charge on any atom is -0.459 e. The number of esters is 2. The zero-order chi connectivity index (χ0) is 13.5. The molecule has 2 unspecified atom stereocenters. The summed E-state index contributed by atoms with van der Waals surface area (Å²) in [6, 6.07) is 0. The quantitative estimate of drug-likeness (QED) is 0.435. The van der Waals surface area contributed by atoms with Crippen molar-refractivity contribution in [1.29, 1.82) is 0 Å². The van der Waals surface area contributed by atoms with Gasteiger partial charge in [0.2, 0.25) is 0 Å². The summed E-state index contributed by atoms with van der Waals surface area (Å²) in [5, 5.41) is 0. The van der Waals surface area contributed by atoms with Gasteiger partial charge in [-0.1, -0.05) is 12.2 Å². The second-order valence-corrected chi connectivity index (χ2v) is 3.59. The van der Waals surface area contributed by atoms with Gasteiger partial charge in [0.1, 0.15) is 6.42 Å². The summed E-state index contributed by atoms with van der Waals surface area (Å²) in [6.07, 6.45) is 10.4. The molecule has 0 saturated carbocycles. The second kappa shape index (κ2) is 8.63. The first-order chi connectivity index (χ1) is 9.24. The van der Waals surface area contributed by atoms with E-state index in [0.29, 0.717) is 0 Å². The molecule has 2 aliphatic heterocycles. The Kier molecular flexibility index (Phi) is 7.14. The first kappa shape index (κ1) is 16.6. The molecule has 2 atom stereocenters. The van der Waals surface area contributed by atoms with Crippen LogP contribution in [0.1, 0.15) is 6.42 Å². The van der Waals surface area contributed by atoms with Gasteiger partial charge < -0.3 is 18.9 Å². The first-order valence-electron chi connectivity index (χ1n) is 5.60. The molecular formula is C13H12NaO6. The normalized spacial score (nSPS) is 22.2. The van der Waals surface area contributed by atoms with Crippen molar-refractivity contribution in [3.05, 3.63) is 49.0 Å². The van der Waals surface area contributed by atoms with Crippen molar-refractivity contribution < 1.29 is 28.5 Å². The summed E-state index contributed by atoms with van der Waals surface area (Å²) in [6.45, 7) is 0. The molecule has 0 aromatic heterocycles. The number of hydrogen-bond acceptors (Lipinski definition) is 6. The van der Waals surface area contributed by atoms with Crippen LogP contribution in [0.2, 0.25) is 0 Å². The predicted molar refractivity (Wildman–Crippen MR) is 68.9 cm³/mol. The smallest absolute Gasteiger partial charge is 0.320 e. The van der Waals surface area contributed by atoms with E-state index >= 15 is 0 Å². The molecule has 0 fully saturated rings. The maximum absolute atomic E-state index is 11.4. The van der Waals surface area contributed by atoms with E-state index in [9.17, 15) is 9.59 Å². The minimum absolute atomic E-state index is 0. The molecule has 0 spiro atoms. The molecule has 0 N–H and O–H groups in total. The third kappa shape index (κ3) is 5.64. The van der Waals surface area contributed by atoms with Gasteiger partial charge in [0.25, 0.3) is 12.6 Å². The largest absolute Gasteiger partial charge is 0.459 e. The number of rotatable bonds is 4. The molecule has 6 nitrogen and oxygen atoms in total. The van der Waals surface area contributed by atoms with Crippen LogP contribution in [0, 0.1) is 0 Å². The standard InChI is InChI=1S/C13H12O6.Na/c14-10(18-12-5-1-3-7-16-12)9-11(15)19-13-6-2-4-8-17-13;/h1-8,12-13H,9H2;. The maximum atomic E-state index is 11.4. The van der Waals surface area contributed by atoms with E-state index in [1.165, 1.54) is 12.5 Å². The van der Waals surface area contributed by atoms with Crippen molar-refractivity contribution in [2.24, 2.45) is 0 Å². The van der Waals surface area contributed by atoms with Crippen LogP contribution < -0.4 is 0 Å². The molecule has 101 valence electrons. The van der Waals surface area contributed by atoms with Gasteiger partial charge in [-0.25, -0.2) is 0 Å². The summed E-state index contributed by atoms with van der Waals surface area (Å²) < 4.78 is 19.7. The Hall–Kier alpha value is -1.50. The molecular weight excluding hydrogens is 275 g/mol. The average molecular weight is 287 g/mol. The Balaban J connectivity index is 0.00000200. The van der Waals surface area contributed by atoms with Gasteiger partial charge in [-0.05, 0) is 24.3 Å². The van der Waals surface area contributed by atoms with Crippen molar-refractivity contribution in [3.8, 4) is 0 Å². The van der Waals surface area contributed by atoms with Crippen LogP contribution in [0.25, 0.3) is 0 Å². The van der Waals surface area contributed by atoms with Crippen LogP contribution in [0.3, 0.4) is 0 Å². The Labute approximate surface area is 138 Å². The van der Waals surface area contributed by atoms with E-state index in [1.54, 1.807) is 36.5 Å². The predicted octanol–water partition coefficient (Wildman–Crippen LogP) is 0.934. The van der Waals surface area contributed by atoms with E-state index in [1.807, 2.05) is 0 Å². The van der Waals surface area contributed by atoms with Crippen molar-refractivity contribution in [3.63, 3.8) is 0 Å². The molecule has 0 saturated heterocycles. The summed E-state index contributed by atoms with van der Waals surface area (Å²) in [7, 11) is 0. The van der Waals surface area contributed by atoms with Crippen LogP contribution in [-0.4, -0.2) is 54.1 Å². The van der Waals surface area contributed by atoms with Crippen LogP contribution in [0.15, 0.2) is 49.0 Å². The van der Waals surface area contributed by atoms with Crippen molar-refractivity contribution in [2.45, 2.75) is 19.0 Å².